The Kier molecular flexibility index (Phi) is 4.77. The van der Waals surface area contributed by atoms with E-state index in [4.69, 9.17) is 0 Å². The van der Waals surface area contributed by atoms with Crippen molar-refractivity contribution in [2.24, 2.45) is 0 Å². The molecule has 0 saturated carbocycles. The fourth-order valence-corrected chi connectivity index (χ4v) is 4.35. The van der Waals surface area contributed by atoms with Crippen molar-refractivity contribution >= 4 is 38.8 Å². The topological polar surface area (TPSA) is 54.9 Å². The van der Waals surface area contributed by atoms with Crippen molar-refractivity contribution in [3.63, 3.8) is 0 Å². The number of aromatic nitrogens is 2. The van der Waals surface area contributed by atoms with Crippen molar-refractivity contribution in [1.29, 1.82) is 0 Å². The second-order valence-electron chi connectivity index (χ2n) is 6.04. The van der Waals surface area contributed by atoms with Crippen molar-refractivity contribution in [2.45, 2.75) is 19.9 Å². The Morgan fingerprint density at radius 2 is 1.88 bits per heavy atom. The second kappa shape index (κ2) is 7.35. The third kappa shape index (κ3) is 3.81. The number of nitrogens with zero attached hydrogens (tertiary/aromatic N) is 2. The maximum absolute atomic E-state index is 12.2. The average Bonchev–Trinajstić information content (AvgIpc) is 3.27. The minimum atomic E-state index is -0.0370. The van der Waals surface area contributed by atoms with Gasteiger partial charge in [-0.05, 0) is 19.1 Å². The van der Waals surface area contributed by atoms with E-state index in [1.807, 2.05) is 29.6 Å². The maximum Gasteiger partial charge on any atom is 0.226 e. The highest BCUT2D eigenvalue weighted by atomic mass is 32.1. The molecule has 2 heterocycles. The Bertz CT molecular complexity index is 1020. The molecular weight excluding hydrogens is 362 g/mol. The minimum Gasteiger partial charge on any atom is -0.349 e. The van der Waals surface area contributed by atoms with Crippen LogP contribution in [0.1, 0.15) is 16.3 Å². The summed E-state index contributed by atoms with van der Waals surface area (Å²) in [6.07, 6.45) is 0.285. The highest BCUT2D eigenvalue weighted by molar-refractivity contribution is 7.18. The monoisotopic (exact) mass is 379 g/mol. The summed E-state index contributed by atoms with van der Waals surface area (Å²) in [6.45, 7) is 2.51. The SMILES string of the molecule is Cc1ccc(-c2nc(CC(=O)NCc3nc4ccccc4s3)cs2)cc1. The van der Waals surface area contributed by atoms with Crippen molar-refractivity contribution < 1.29 is 4.79 Å². The van der Waals surface area contributed by atoms with Crippen LogP contribution in [0.3, 0.4) is 0 Å². The summed E-state index contributed by atoms with van der Waals surface area (Å²) in [5, 5.41) is 6.75. The summed E-state index contributed by atoms with van der Waals surface area (Å²) >= 11 is 3.18. The van der Waals surface area contributed by atoms with Crippen LogP contribution in [0.25, 0.3) is 20.8 Å². The number of aryl methyl sites for hydroxylation is 1. The fourth-order valence-electron chi connectivity index (χ4n) is 2.61. The highest BCUT2D eigenvalue weighted by Gasteiger charge is 2.10. The quantitative estimate of drug-likeness (QED) is 0.552. The second-order valence-corrected chi connectivity index (χ2v) is 8.01. The van der Waals surface area contributed by atoms with Gasteiger partial charge in [-0.3, -0.25) is 4.79 Å². The first-order chi connectivity index (χ1) is 12.7. The standard InChI is InChI=1S/C20H17N3OS2/c1-13-6-8-14(9-7-13)20-22-15(12-25-20)10-18(24)21-11-19-23-16-4-2-3-5-17(16)26-19/h2-9,12H,10-11H2,1H3,(H,21,24). The van der Waals surface area contributed by atoms with E-state index in [1.165, 1.54) is 5.56 Å². The summed E-state index contributed by atoms with van der Waals surface area (Å²) < 4.78 is 1.14. The highest BCUT2D eigenvalue weighted by Crippen LogP contribution is 2.24. The Morgan fingerprint density at radius 1 is 1.08 bits per heavy atom. The van der Waals surface area contributed by atoms with Gasteiger partial charge < -0.3 is 5.32 Å². The van der Waals surface area contributed by atoms with Crippen LogP contribution < -0.4 is 5.32 Å². The van der Waals surface area contributed by atoms with E-state index in [0.29, 0.717) is 6.54 Å². The summed E-state index contributed by atoms with van der Waals surface area (Å²) in [7, 11) is 0. The van der Waals surface area contributed by atoms with E-state index < -0.39 is 0 Å². The van der Waals surface area contributed by atoms with E-state index in [0.717, 1.165) is 31.5 Å². The zero-order valence-corrected chi connectivity index (χ0v) is 15.9. The summed E-state index contributed by atoms with van der Waals surface area (Å²) in [6, 6.07) is 16.3. The van der Waals surface area contributed by atoms with E-state index in [1.54, 1.807) is 22.7 Å². The van der Waals surface area contributed by atoms with Gasteiger partial charge >= 0.3 is 0 Å². The number of amides is 1. The third-order valence-corrected chi connectivity index (χ3v) is 5.94. The van der Waals surface area contributed by atoms with Gasteiger partial charge in [0.05, 0.1) is 28.9 Å². The fraction of sp³-hybridized carbons (Fsp3) is 0.150. The molecule has 4 aromatic rings. The van der Waals surface area contributed by atoms with E-state index in [-0.39, 0.29) is 12.3 Å². The molecule has 26 heavy (non-hydrogen) atoms. The van der Waals surface area contributed by atoms with Crippen LogP contribution in [0.15, 0.2) is 53.9 Å². The molecule has 0 atom stereocenters. The molecule has 130 valence electrons. The summed E-state index contributed by atoms with van der Waals surface area (Å²) in [4.78, 5) is 21.3. The number of carbonyl (C=O) groups excluding carboxylic acids is 1. The molecule has 0 bridgehead atoms. The largest absolute Gasteiger partial charge is 0.349 e. The lowest BCUT2D eigenvalue weighted by molar-refractivity contribution is -0.120. The van der Waals surface area contributed by atoms with Crippen molar-refractivity contribution in [3.05, 3.63) is 70.2 Å². The number of fused-ring (bicyclic) bond motifs is 1. The molecule has 1 amide bonds. The molecular formula is C20H17N3OS2. The summed E-state index contributed by atoms with van der Waals surface area (Å²) in [5.41, 5.74) is 4.08. The predicted molar refractivity (Wildman–Crippen MR) is 107 cm³/mol. The van der Waals surface area contributed by atoms with Gasteiger partial charge in [-0.15, -0.1) is 22.7 Å². The molecule has 2 aromatic heterocycles. The smallest absolute Gasteiger partial charge is 0.226 e. The van der Waals surface area contributed by atoms with Crippen LogP contribution in [0.5, 0.6) is 0 Å². The molecule has 0 radical (unpaired) electrons. The molecule has 0 unspecified atom stereocenters. The van der Waals surface area contributed by atoms with Gasteiger partial charge in [-0.25, -0.2) is 9.97 Å². The molecule has 0 spiro atoms. The predicted octanol–water partition coefficient (Wildman–Crippen LogP) is 4.59. The molecule has 6 heteroatoms. The Labute approximate surface area is 159 Å². The molecule has 0 saturated heterocycles. The number of rotatable bonds is 5. The number of hydrogen-bond acceptors (Lipinski definition) is 5. The van der Waals surface area contributed by atoms with Gasteiger partial charge in [0.25, 0.3) is 0 Å². The number of carbonyl (C=O) groups is 1. The van der Waals surface area contributed by atoms with Gasteiger partial charge in [0.2, 0.25) is 5.91 Å². The first-order valence-electron chi connectivity index (χ1n) is 8.30. The van der Waals surface area contributed by atoms with E-state index in [2.05, 4.69) is 46.5 Å². The average molecular weight is 380 g/mol. The zero-order chi connectivity index (χ0) is 17.9. The normalized spacial score (nSPS) is 11.0. The number of hydrogen-bond donors (Lipinski definition) is 1. The molecule has 4 nitrogen and oxygen atoms in total. The molecule has 0 aliphatic carbocycles. The number of benzene rings is 2. The van der Waals surface area contributed by atoms with E-state index in [9.17, 15) is 4.79 Å². The molecule has 0 fully saturated rings. The van der Waals surface area contributed by atoms with Gasteiger partial charge in [0.1, 0.15) is 10.0 Å². The van der Waals surface area contributed by atoms with Crippen molar-refractivity contribution in [2.75, 3.05) is 0 Å². The zero-order valence-electron chi connectivity index (χ0n) is 14.2. The molecule has 2 aromatic carbocycles. The first-order valence-corrected chi connectivity index (χ1v) is 9.99. The van der Waals surface area contributed by atoms with Crippen LogP contribution >= 0.6 is 22.7 Å². The van der Waals surface area contributed by atoms with Crippen LogP contribution in [0.4, 0.5) is 0 Å². The van der Waals surface area contributed by atoms with Gasteiger partial charge in [-0.2, -0.15) is 0 Å². The number of para-hydroxylation sites is 1. The lowest BCUT2D eigenvalue weighted by Gasteiger charge is -2.01. The van der Waals surface area contributed by atoms with Gasteiger partial charge in [0, 0.05) is 10.9 Å². The molecule has 1 N–H and O–H groups in total. The number of thiazole rings is 2. The lowest BCUT2D eigenvalue weighted by Crippen LogP contribution is -2.24. The maximum atomic E-state index is 12.2. The van der Waals surface area contributed by atoms with Gasteiger partial charge in [-0.1, -0.05) is 42.0 Å². The van der Waals surface area contributed by atoms with Crippen molar-refractivity contribution in [3.8, 4) is 10.6 Å². The lowest BCUT2D eigenvalue weighted by atomic mass is 10.2. The third-order valence-electron chi connectivity index (χ3n) is 3.97. The molecule has 0 aliphatic heterocycles. The molecule has 0 aliphatic rings. The summed E-state index contributed by atoms with van der Waals surface area (Å²) in [5.74, 6) is -0.0370. The Hall–Kier alpha value is -2.57. The van der Waals surface area contributed by atoms with Crippen LogP contribution in [0, 0.1) is 6.92 Å². The van der Waals surface area contributed by atoms with Crippen LogP contribution in [-0.4, -0.2) is 15.9 Å². The van der Waals surface area contributed by atoms with Crippen LogP contribution in [-0.2, 0) is 17.8 Å². The number of nitrogens with one attached hydrogen (secondary N) is 1. The van der Waals surface area contributed by atoms with E-state index >= 15 is 0 Å². The first kappa shape index (κ1) is 16.9. The Balaban J connectivity index is 1.36. The van der Waals surface area contributed by atoms with Crippen molar-refractivity contribution in [1.82, 2.24) is 15.3 Å². The Morgan fingerprint density at radius 3 is 2.69 bits per heavy atom. The molecule has 4 rings (SSSR count). The minimum absolute atomic E-state index is 0.0370. The van der Waals surface area contributed by atoms with Crippen LogP contribution in [0.2, 0.25) is 0 Å². The van der Waals surface area contributed by atoms with Gasteiger partial charge in [0.15, 0.2) is 0 Å².